The summed E-state index contributed by atoms with van der Waals surface area (Å²) >= 11 is 1.35. The number of thioether (sulfide) groups is 1. The van der Waals surface area contributed by atoms with E-state index in [-0.39, 0.29) is 29.0 Å². The Labute approximate surface area is 239 Å². The van der Waals surface area contributed by atoms with E-state index < -0.39 is 0 Å². The molecular formula is C31H35N5O3S. The van der Waals surface area contributed by atoms with Crippen molar-refractivity contribution in [2.24, 2.45) is 0 Å². The van der Waals surface area contributed by atoms with Crippen molar-refractivity contribution in [2.75, 3.05) is 25.4 Å². The van der Waals surface area contributed by atoms with Gasteiger partial charge in [-0.05, 0) is 66.8 Å². The Morgan fingerprint density at radius 3 is 2.45 bits per heavy atom. The third-order valence-electron chi connectivity index (χ3n) is 7.20. The van der Waals surface area contributed by atoms with E-state index in [2.05, 4.69) is 37.0 Å². The molecule has 0 spiro atoms. The summed E-state index contributed by atoms with van der Waals surface area (Å²) < 4.78 is 7.52. The average molecular weight is 558 g/mol. The van der Waals surface area contributed by atoms with E-state index in [1.54, 1.807) is 6.26 Å². The van der Waals surface area contributed by atoms with Crippen LogP contribution in [-0.2, 0) is 10.2 Å². The fraction of sp³-hybridized carbons (Fsp3) is 0.355. The van der Waals surface area contributed by atoms with Crippen LogP contribution < -0.4 is 0 Å². The zero-order chi connectivity index (χ0) is 28.4. The number of carbonyl (C=O) groups excluding carboxylic acids is 2. The van der Waals surface area contributed by atoms with Crippen LogP contribution in [-0.4, -0.2) is 67.8 Å². The molecule has 5 rings (SSSR count). The molecule has 8 nitrogen and oxygen atoms in total. The Kier molecular flexibility index (Phi) is 7.85. The number of rotatable bonds is 6. The Balaban J connectivity index is 1.24. The van der Waals surface area contributed by atoms with Crippen LogP contribution in [0.2, 0.25) is 0 Å². The Bertz CT molecular complexity index is 1490. The maximum absolute atomic E-state index is 13.3. The first-order valence-corrected chi connectivity index (χ1v) is 14.5. The summed E-state index contributed by atoms with van der Waals surface area (Å²) in [4.78, 5) is 30.2. The third kappa shape index (κ3) is 5.84. The van der Waals surface area contributed by atoms with Gasteiger partial charge in [0.2, 0.25) is 11.7 Å². The second-order valence-electron chi connectivity index (χ2n) is 11.3. The molecule has 2 aromatic carbocycles. The molecule has 1 aliphatic rings. The lowest BCUT2D eigenvalue weighted by molar-refractivity contribution is -0.130. The lowest BCUT2D eigenvalue weighted by Crippen LogP contribution is -2.55. The second-order valence-corrected chi connectivity index (χ2v) is 12.2. The first-order valence-electron chi connectivity index (χ1n) is 13.5. The molecule has 1 unspecified atom stereocenters. The number of hydrogen-bond donors (Lipinski definition) is 0. The lowest BCUT2D eigenvalue weighted by atomic mass is 9.86. The number of aryl methyl sites for hydroxylation is 1. The Morgan fingerprint density at radius 2 is 1.80 bits per heavy atom. The minimum absolute atomic E-state index is 0.00569. The lowest BCUT2D eigenvalue weighted by Gasteiger charge is -2.40. The van der Waals surface area contributed by atoms with E-state index in [4.69, 9.17) is 4.42 Å². The molecule has 0 radical (unpaired) electrons. The van der Waals surface area contributed by atoms with Gasteiger partial charge >= 0.3 is 0 Å². The molecule has 208 valence electrons. The van der Waals surface area contributed by atoms with Gasteiger partial charge in [-0.1, -0.05) is 56.8 Å². The molecule has 4 aromatic rings. The molecule has 1 saturated heterocycles. The molecule has 2 amide bonds. The predicted octanol–water partition coefficient (Wildman–Crippen LogP) is 5.60. The van der Waals surface area contributed by atoms with Crippen molar-refractivity contribution in [3.8, 4) is 17.3 Å². The molecule has 3 heterocycles. The zero-order valence-corrected chi connectivity index (χ0v) is 24.4. The van der Waals surface area contributed by atoms with Crippen molar-refractivity contribution in [2.45, 2.75) is 51.2 Å². The minimum Gasteiger partial charge on any atom is -0.461 e. The molecule has 2 aromatic heterocycles. The molecule has 40 heavy (non-hydrogen) atoms. The van der Waals surface area contributed by atoms with Gasteiger partial charge in [-0.2, -0.15) is 0 Å². The number of nitrogens with zero attached hydrogens (tertiary/aromatic N) is 5. The average Bonchev–Trinajstić information content (AvgIpc) is 3.61. The van der Waals surface area contributed by atoms with Crippen LogP contribution in [0, 0.1) is 6.92 Å². The van der Waals surface area contributed by atoms with Crippen molar-refractivity contribution in [1.82, 2.24) is 24.6 Å². The number of piperazine rings is 1. The van der Waals surface area contributed by atoms with Gasteiger partial charge in [0.05, 0.1) is 17.7 Å². The SMILES string of the molecule is Cc1cccc(-n2c(SCC(=O)N3CCN(C(=O)c4ccc(C(C)(C)C)cc4)C(C)C3)nnc2-c2ccco2)c1. The Morgan fingerprint density at radius 1 is 1.02 bits per heavy atom. The fourth-order valence-electron chi connectivity index (χ4n) is 4.91. The van der Waals surface area contributed by atoms with Gasteiger partial charge in [0, 0.05) is 31.2 Å². The number of amides is 2. The van der Waals surface area contributed by atoms with E-state index in [9.17, 15) is 9.59 Å². The van der Waals surface area contributed by atoms with Crippen LogP contribution in [0.4, 0.5) is 0 Å². The molecule has 1 fully saturated rings. The molecule has 0 N–H and O–H groups in total. The van der Waals surface area contributed by atoms with Crippen LogP contribution in [0.25, 0.3) is 17.3 Å². The van der Waals surface area contributed by atoms with Crippen molar-refractivity contribution in [3.63, 3.8) is 0 Å². The highest BCUT2D eigenvalue weighted by Crippen LogP contribution is 2.29. The van der Waals surface area contributed by atoms with Crippen molar-refractivity contribution < 1.29 is 14.0 Å². The van der Waals surface area contributed by atoms with Gasteiger partial charge in [0.15, 0.2) is 10.9 Å². The maximum atomic E-state index is 13.3. The van der Waals surface area contributed by atoms with E-state index in [0.717, 1.165) is 11.3 Å². The summed E-state index contributed by atoms with van der Waals surface area (Å²) in [5.74, 6) is 1.43. The number of carbonyl (C=O) groups is 2. The highest BCUT2D eigenvalue weighted by molar-refractivity contribution is 7.99. The molecule has 9 heteroatoms. The van der Waals surface area contributed by atoms with Crippen LogP contribution in [0.3, 0.4) is 0 Å². The topological polar surface area (TPSA) is 84.5 Å². The summed E-state index contributed by atoms with van der Waals surface area (Å²) in [6.45, 7) is 12.0. The van der Waals surface area contributed by atoms with E-state index in [0.29, 0.717) is 41.9 Å². The Hall–Kier alpha value is -3.85. The number of benzene rings is 2. The van der Waals surface area contributed by atoms with Crippen molar-refractivity contribution in [1.29, 1.82) is 0 Å². The minimum atomic E-state index is -0.0843. The quantitative estimate of drug-likeness (QED) is 0.287. The molecule has 1 atom stereocenters. The van der Waals surface area contributed by atoms with Crippen LogP contribution >= 0.6 is 11.8 Å². The number of furan rings is 1. The summed E-state index contributed by atoms with van der Waals surface area (Å²) in [5, 5.41) is 9.38. The van der Waals surface area contributed by atoms with Crippen LogP contribution in [0.5, 0.6) is 0 Å². The van der Waals surface area contributed by atoms with E-state index >= 15 is 0 Å². The largest absolute Gasteiger partial charge is 0.461 e. The number of hydrogen-bond acceptors (Lipinski definition) is 6. The molecule has 0 bridgehead atoms. The van der Waals surface area contributed by atoms with Crippen LogP contribution in [0.1, 0.15) is 49.2 Å². The summed E-state index contributed by atoms with van der Waals surface area (Å²) in [6, 6.07) is 19.5. The van der Waals surface area contributed by atoms with E-state index in [1.807, 2.05) is 82.8 Å². The van der Waals surface area contributed by atoms with Gasteiger partial charge in [-0.15, -0.1) is 10.2 Å². The highest BCUT2D eigenvalue weighted by Gasteiger charge is 2.31. The third-order valence-corrected chi connectivity index (χ3v) is 8.11. The fourth-order valence-corrected chi connectivity index (χ4v) is 5.77. The zero-order valence-electron chi connectivity index (χ0n) is 23.6. The molecule has 0 saturated carbocycles. The van der Waals surface area contributed by atoms with Gasteiger partial charge in [0.1, 0.15) is 0 Å². The first-order chi connectivity index (χ1) is 19.1. The monoisotopic (exact) mass is 557 g/mol. The summed E-state index contributed by atoms with van der Waals surface area (Å²) in [7, 11) is 0. The van der Waals surface area contributed by atoms with E-state index in [1.165, 1.54) is 17.3 Å². The van der Waals surface area contributed by atoms with Crippen LogP contribution in [0.15, 0.2) is 76.5 Å². The van der Waals surface area contributed by atoms with Gasteiger partial charge in [-0.25, -0.2) is 0 Å². The molecule has 1 aliphatic heterocycles. The van der Waals surface area contributed by atoms with Crippen molar-refractivity contribution in [3.05, 3.63) is 83.6 Å². The molecule has 0 aliphatic carbocycles. The first kappa shape index (κ1) is 27.7. The molecular weight excluding hydrogens is 522 g/mol. The normalized spacial score (nSPS) is 15.9. The van der Waals surface area contributed by atoms with Crippen molar-refractivity contribution >= 4 is 23.6 Å². The van der Waals surface area contributed by atoms with Gasteiger partial charge in [0.25, 0.3) is 5.91 Å². The maximum Gasteiger partial charge on any atom is 0.254 e. The second kappa shape index (κ2) is 11.3. The van der Waals surface area contributed by atoms with Gasteiger partial charge < -0.3 is 14.2 Å². The van der Waals surface area contributed by atoms with Gasteiger partial charge in [-0.3, -0.25) is 14.2 Å². The highest BCUT2D eigenvalue weighted by atomic mass is 32.2. The smallest absolute Gasteiger partial charge is 0.254 e. The predicted molar refractivity (Wildman–Crippen MR) is 157 cm³/mol. The number of aromatic nitrogens is 3. The standard InChI is InChI=1S/C31H35N5O3S/c1-21-8-6-9-25(18-21)36-28(26-10-7-17-39-26)32-33-30(36)40-20-27(37)34-15-16-35(22(2)19-34)29(38)23-11-13-24(14-12-23)31(3,4)5/h6-14,17-18,22H,15-16,19-20H2,1-5H3. The summed E-state index contributed by atoms with van der Waals surface area (Å²) in [5.41, 5.74) is 3.92. The summed E-state index contributed by atoms with van der Waals surface area (Å²) in [6.07, 6.45) is 1.60.